The van der Waals surface area contributed by atoms with E-state index in [2.05, 4.69) is 31.7 Å². The van der Waals surface area contributed by atoms with Crippen molar-refractivity contribution in [2.75, 3.05) is 11.4 Å². The van der Waals surface area contributed by atoms with Gasteiger partial charge in [-0.25, -0.2) is 0 Å². The quantitative estimate of drug-likeness (QED) is 0.764. The smallest absolute Gasteiger partial charge is 0.101 e. The number of aliphatic hydroxyl groups excluding tert-OH is 1. The van der Waals surface area contributed by atoms with Crippen molar-refractivity contribution in [1.82, 2.24) is 0 Å². The van der Waals surface area contributed by atoms with Gasteiger partial charge in [0.25, 0.3) is 0 Å². The van der Waals surface area contributed by atoms with E-state index in [-0.39, 0.29) is 6.61 Å². The zero-order chi connectivity index (χ0) is 14.3. The summed E-state index contributed by atoms with van der Waals surface area (Å²) >= 11 is 0. The number of hydrogen-bond donors (Lipinski definition) is 1. The van der Waals surface area contributed by atoms with Crippen molar-refractivity contribution in [3.8, 4) is 6.07 Å². The van der Waals surface area contributed by atoms with Crippen molar-refractivity contribution in [3.05, 3.63) is 29.3 Å². The third-order valence-corrected chi connectivity index (χ3v) is 3.30. The molecule has 0 fully saturated rings. The van der Waals surface area contributed by atoms with Crippen LogP contribution in [0.4, 0.5) is 5.69 Å². The lowest BCUT2D eigenvalue weighted by Gasteiger charge is -2.30. The van der Waals surface area contributed by atoms with Crippen LogP contribution < -0.4 is 4.90 Å². The molecular weight excluding hydrogens is 236 g/mol. The Labute approximate surface area is 116 Å². The fraction of sp³-hybridized carbons (Fsp3) is 0.562. The molecule has 0 amide bonds. The number of nitriles is 1. The van der Waals surface area contributed by atoms with Crippen molar-refractivity contribution in [3.63, 3.8) is 0 Å². The van der Waals surface area contributed by atoms with Crippen LogP contribution in [0.2, 0.25) is 0 Å². The van der Waals surface area contributed by atoms with Gasteiger partial charge in [-0.2, -0.15) is 5.26 Å². The lowest BCUT2D eigenvalue weighted by Crippen LogP contribution is -2.32. The fourth-order valence-electron chi connectivity index (χ4n) is 2.21. The summed E-state index contributed by atoms with van der Waals surface area (Å²) in [6.45, 7) is 7.43. The van der Waals surface area contributed by atoms with Gasteiger partial charge >= 0.3 is 0 Å². The lowest BCUT2D eigenvalue weighted by atomic mass is 10.1. The Morgan fingerprint density at radius 3 is 2.58 bits per heavy atom. The second-order valence-electron chi connectivity index (χ2n) is 5.12. The van der Waals surface area contributed by atoms with E-state index in [1.54, 1.807) is 6.07 Å². The highest BCUT2D eigenvalue weighted by molar-refractivity contribution is 5.61. The van der Waals surface area contributed by atoms with Gasteiger partial charge in [-0.05, 0) is 38.0 Å². The van der Waals surface area contributed by atoms with E-state index in [0.29, 0.717) is 11.6 Å². The second kappa shape index (κ2) is 7.81. The summed E-state index contributed by atoms with van der Waals surface area (Å²) in [5.41, 5.74) is 2.42. The van der Waals surface area contributed by atoms with Crippen molar-refractivity contribution < 1.29 is 5.11 Å². The van der Waals surface area contributed by atoms with Gasteiger partial charge in [0.15, 0.2) is 0 Å². The van der Waals surface area contributed by atoms with Gasteiger partial charge in [-0.15, -0.1) is 0 Å². The first-order valence-electron chi connectivity index (χ1n) is 7.04. The van der Waals surface area contributed by atoms with Crippen LogP contribution in [0.5, 0.6) is 0 Å². The molecule has 0 aliphatic rings. The van der Waals surface area contributed by atoms with Gasteiger partial charge in [0.1, 0.15) is 6.07 Å². The molecule has 3 heteroatoms. The van der Waals surface area contributed by atoms with Gasteiger partial charge in [0.05, 0.1) is 17.9 Å². The van der Waals surface area contributed by atoms with Gasteiger partial charge in [-0.3, -0.25) is 0 Å². The Kier molecular flexibility index (Phi) is 6.38. The van der Waals surface area contributed by atoms with Crippen LogP contribution in [-0.2, 0) is 6.61 Å². The average Bonchev–Trinajstić information content (AvgIpc) is 2.43. The van der Waals surface area contributed by atoms with Crippen LogP contribution in [0.3, 0.4) is 0 Å². The van der Waals surface area contributed by atoms with Crippen LogP contribution in [0, 0.1) is 11.3 Å². The molecule has 1 aromatic carbocycles. The number of benzene rings is 1. The predicted octanol–water partition coefficient (Wildman–Crippen LogP) is 3.46. The maximum Gasteiger partial charge on any atom is 0.101 e. The minimum Gasteiger partial charge on any atom is -0.392 e. The summed E-state index contributed by atoms with van der Waals surface area (Å²) in [6.07, 6.45) is 3.54. The number of anilines is 1. The first-order valence-corrected chi connectivity index (χ1v) is 7.04. The van der Waals surface area contributed by atoms with Crippen LogP contribution in [0.25, 0.3) is 0 Å². The molecule has 0 radical (unpaired) electrons. The second-order valence-corrected chi connectivity index (χ2v) is 5.12. The molecule has 0 unspecified atom stereocenters. The highest BCUT2D eigenvalue weighted by atomic mass is 16.3. The molecule has 0 aromatic heterocycles. The average molecular weight is 260 g/mol. The molecular formula is C16H24N2O. The Morgan fingerprint density at radius 2 is 2.05 bits per heavy atom. The fourth-order valence-corrected chi connectivity index (χ4v) is 2.21. The molecule has 1 aromatic rings. The number of nitrogens with zero attached hydrogens (tertiary/aromatic N) is 2. The summed E-state index contributed by atoms with van der Waals surface area (Å²) in [5.74, 6) is 0. The zero-order valence-corrected chi connectivity index (χ0v) is 12.2. The normalized spacial score (nSPS) is 10.5. The Bertz CT molecular complexity index is 435. The Morgan fingerprint density at radius 1 is 1.32 bits per heavy atom. The third-order valence-electron chi connectivity index (χ3n) is 3.30. The van der Waals surface area contributed by atoms with Crippen molar-refractivity contribution in [2.24, 2.45) is 0 Å². The summed E-state index contributed by atoms with van der Waals surface area (Å²) in [7, 11) is 0. The van der Waals surface area contributed by atoms with E-state index in [9.17, 15) is 5.26 Å². The first kappa shape index (κ1) is 15.5. The summed E-state index contributed by atoms with van der Waals surface area (Å²) < 4.78 is 0. The summed E-state index contributed by atoms with van der Waals surface area (Å²) in [4.78, 5) is 2.27. The molecule has 0 bridgehead atoms. The van der Waals surface area contributed by atoms with E-state index >= 15 is 0 Å². The molecule has 104 valence electrons. The molecule has 1 N–H and O–H groups in total. The number of hydrogen-bond acceptors (Lipinski definition) is 3. The molecule has 0 spiro atoms. The monoisotopic (exact) mass is 260 g/mol. The van der Waals surface area contributed by atoms with E-state index in [1.807, 2.05) is 12.1 Å². The van der Waals surface area contributed by atoms with Gasteiger partial charge in [-0.1, -0.05) is 25.8 Å². The first-order chi connectivity index (χ1) is 9.13. The minimum atomic E-state index is -0.0214. The largest absolute Gasteiger partial charge is 0.392 e. The highest BCUT2D eigenvalue weighted by Gasteiger charge is 2.14. The standard InChI is InChI=1S/C16H24N2O/c1-4-5-6-9-18(13(2)3)16-8-7-14(12-19)10-15(16)11-17/h7-8,10,13,19H,4-6,9,12H2,1-3H3. The lowest BCUT2D eigenvalue weighted by molar-refractivity contribution is 0.282. The molecule has 0 aliphatic carbocycles. The predicted molar refractivity (Wildman–Crippen MR) is 79.1 cm³/mol. The van der Waals surface area contributed by atoms with E-state index in [0.717, 1.165) is 24.2 Å². The number of aliphatic hydroxyl groups is 1. The minimum absolute atomic E-state index is 0.0214. The summed E-state index contributed by atoms with van der Waals surface area (Å²) in [5, 5.41) is 18.4. The molecule has 0 saturated carbocycles. The molecule has 0 aliphatic heterocycles. The van der Waals surface area contributed by atoms with Crippen molar-refractivity contribution in [1.29, 1.82) is 5.26 Å². The summed E-state index contributed by atoms with van der Waals surface area (Å²) in [6, 6.07) is 8.24. The van der Waals surface area contributed by atoms with Crippen molar-refractivity contribution in [2.45, 2.75) is 52.7 Å². The maximum absolute atomic E-state index is 9.28. The van der Waals surface area contributed by atoms with E-state index in [4.69, 9.17) is 5.11 Å². The van der Waals surface area contributed by atoms with Gasteiger partial charge in [0.2, 0.25) is 0 Å². The molecule has 0 atom stereocenters. The molecule has 0 heterocycles. The van der Waals surface area contributed by atoms with Gasteiger partial charge in [0, 0.05) is 12.6 Å². The third kappa shape index (κ3) is 4.25. The van der Waals surface area contributed by atoms with Crippen LogP contribution >= 0.6 is 0 Å². The SMILES string of the molecule is CCCCCN(c1ccc(CO)cc1C#N)C(C)C. The number of unbranched alkanes of at least 4 members (excludes halogenated alkanes) is 2. The zero-order valence-electron chi connectivity index (χ0n) is 12.2. The molecule has 1 rings (SSSR count). The number of rotatable bonds is 7. The van der Waals surface area contributed by atoms with E-state index in [1.165, 1.54) is 12.8 Å². The van der Waals surface area contributed by atoms with Crippen LogP contribution in [0.15, 0.2) is 18.2 Å². The maximum atomic E-state index is 9.28. The Hall–Kier alpha value is -1.53. The van der Waals surface area contributed by atoms with Crippen LogP contribution in [0.1, 0.15) is 51.2 Å². The molecule has 0 saturated heterocycles. The Balaban J connectivity index is 2.98. The topological polar surface area (TPSA) is 47.3 Å². The van der Waals surface area contributed by atoms with Crippen molar-refractivity contribution >= 4 is 5.69 Å². The molecule has 19 heavy (non-hydrogen) atoms. The molecule has 3 nitrogen and oxygen atoms in total. The highest BCUT2D eigenvalue weighted by Crippen LogP contribution is 2.24. The van der Waals surface area contributed by atoms with Gasteiger partial charge < -0.3 is 10.0 Å². The van der Waals surface area contributed by atoms with Crippen LogP contribution in [-0.4, -0.2) is 17.7 Å². The van der Waals surface area contributed by atoms with E-state index < -0.39 is 0 Å².